The molecular formula is C13H24N2. The van der Waals surface area contributed by atoms with Gasteiger partial charge in [-0.3, -0.25) is 0 Å². The van der Waals surface area contributed by atoms with Gasteiger partial charge in [-0.1, -0.05) is 20.8 Å². The Hall–Kier alpha value is -0.550. The highest BCUT2D eigenvalue weighted by Gasteiger charge is 2.43. The fraction of sp³-hybridized carbons (Fsp3) is 0.923. The fourth-order valence-electron chi connectivity index (χ4n) is 2.80. The summed E-state index contributed by atoms with van der Waals surface area (Å²) in [4.78, 5) is 0. The molecular weight excluding hydrogens is 184 g/mol. The van der Waals surface area contributed by atoms with Gasteiger partial charge in [-0.15, -0.1) is 0 Å². The van der Waals surface area contributed by atoms with Gasteiger partial charge in [0.05, 0.1) is 6.07 Å². The lowest BCUT2D eigenvalue weighted by Crippen LogP contribution is -2.42. The molecule has 2 nitrogen and oxygen atoms in total. The van der Waals surface area contributed by atoms with Crippen molar-refractivity contribution in [2.24, 2.45) is 10.8 Å². The molecule has 1 rings (SSSR count). The molecule has 1 N–H and O–H groups in total. The maximum Gasteiger partial charge on any atom is 0.0627 e. The van der Waals surface area contributed by atoms with Crippen LogP contribution in [0.3, 0.4) is 0 Å². The van der Waals surface area contributed by atoms with Crippen LogP contribution in [0.15, 0.2) is 0 Å². The Kier molecular flexibility index (Phi) is 3.78. The van der Waals surface area contributed by atoms with Crippen molar-refractivity contribution in [2.75, 3.05) is 7.05 Å². The van der Waals surface area contributed by atoms with E-state index in [-0.39, 0.29) is 10.8 Å². The summed E-state index contributed by atoms with van der Waals surface area (Å²) in [7, 11) is 2.04. The standard InChI is InChI=1S/C13H24N2/c1-12(2,3)13(9-10-14)7-5-11(15-4)6-8-13/h11,15H,5-9H2,1-4H3/t11-,13-. The van der Waals surface area contributed by atoms with Crippen LogP contribution in [-0.2, 0) is 0 Å². The Labute approximate surface area is 94.1 Å². The molecule has 1 saturated carbocycles. The van der Waals surface area contributed by atoms with Crippen molar-refractivity contribution >= 4 is 0 Å². The number of nitriles is 1. The van der Waals surface area contributed by atoms with E-state index in [1.165, 1.54) is 25.7 Å². The minimum absolute atomic E-state index is 0.245. The number of hydrogen-bond donors (Lipinski definition) is 1. The zero-order valence-corrected chi connectivity index (χ0v) is 10.6. The smallest absolute Gasteiger partial charge is 0.0627 e. The normalized spacial score (nSPS) is 32.3. The first kappa shape index (κ1) is 12.5. The average molecular weight is 208 g/mol. The molecule has 2 heteroatoms. The van der Waals surface area contributed by atoms with E-state index in [0.717, 1.165) is 0 Å². The SMILES string of the molecule is CN[C@H]1CC[C@](CC#N)(C(C)(C)C)CC1. The molecule has 0 radical (unpaired) electrons. The molecule has 0 atom stereocenters. The topological polar surface area (TPSA) is 35.8 Å². The molecule has 0 unspecified atom stereocenters. The number of nitrogens with zero attached hydrogens (tertiary/aromatic N) is 1. The summed E-state index contributed by atoms with van der Waals surface area (Å²) in [6.07, 6.45) is 5.53. The molecule has 0 aromatic rings. The highest BCUT2D eigenvalue weighted by atomic mass is 14.9. The van der Waals surface area contributed by atoms with Crippen LogP contribution in [0.25, 0.3) is 0 Å². The molecule has 0 amide bonds. The second kappa shape index (κ2) is 4.53. The summed E-state index contributed by atoms with van der Waals surface area (Å²) >= 11 is 0. The van der Waals surface area contributed by atoms with Crippen molar-refractivity contribution in [3.05, 3.63) is 0 Å². The highest BCUT2D eigenvalue weighted by molar-refractivity contribution is 4.99. The zero-order chi connectivity index (χ0) is 11.5. The predicted molar refractivity (Wildman–Crippen MR) is 63.4 cm³/mol. The zero-order valence-electron chi connectivity index (χ0n) is 10.6. The first-order valence-electron chi connectivity index (χ1n) is 5.99. The molecule has 1 fully saturated rings. The van der Waals surface area contributed by atoms with Crippen LogP contribution in [0.2, 0.25) is 0 Å². The van der Waals surface area contributed by atoms with Crippen molar-refractivity contribution in [3.8, 4) is 6.07 Å². The van der Waals surface area contributed by atoms with Crippen LogP contribution in [-0.4, -0.2) is 13.1 Å². The molecule has 15 heavy (non-hydrogen) atoms. The lowest BCUT2D eigenvalue weighted by Gasteiger charge is -2.48. The van der Waals surface area contributed by atoms with Crippen molar-refractivity contribution in [2.45, 2.75) is 58.9 Å². The van der Waals surface area contributed by atoms with E-state index in [2.05, 4.69) is 32.2 Å². The molecule has 1 aliphatic rings. The van der Waals surface area contributed by atoms with Gasteiger partial charge in [-0.25, -0.2) is 0 Å². The first-order chi connectivity index (χ1) is 6.95. The molecule has 0 heterocycles. The van der Waals surface area contributed by atoms with Gasteiger partial charge in [0.25, 0.3) is 0 Å². The van der Waals surface area contributed by atoms with E-state index >= 15 is 0 Å². The van der Waals surface area contributed by atoms with E-state index in [4.69, 9.17) is 5.26 Å². The quantitative estimate of drug-likeness (QED) is 0.757. The summed E-state index contributed by atoms with van der Waals surface area (Å²) < 4.78 is 0. The van der Waals surface area contributed by atoms with E-state index in [1.54, 1.807) is 0 Å². The average Bonchev–Trinajstić information content (AvgIpc) is 2.18. The van der Waals surface area contributed by atoms with Crippen LogP contribution in [0.5, 0.6) is 0 Å². The molecule has 86 valence electrons. The van der Waals surface area contributed by atoms with Crippen molar-refractivity contribution in [1.29, 1.82) is 5.26 Å². The summed E-state index contributed by atoms with van der Waals surface area (Å²) in [6.45, 7) is 6.85. The van der Waals surface area contributed by atoms with Crippen LogP contribution in [0, 0.1) is 22.2 Å². The van der Waals surface area contributed by atoms with Gasteiger partial charge >= 0.3 is 0 Å². The van der Waals surface area contributed by atoms with Crippen molar-refractivity contribution in [3.63, 3.8) is 0 Å². The lowest BCUT2D eigenvalue weighted by molar-refractivity contribution is 0.0347. The number of nitrogens with one attached hydrogen (secondary N) is 1. The van der Waals surface area contributed by atoms with Gasteiger partial charge < -0.3 is 5.32 Å². The number of hydrogen-bond acceptors (Lipinski definition) is 2. The van der Waals surface area contributed by atoms with Gasteiger partial charge in [0.2, 0.25) is 0 Å². The Morgan fingerprint density at radius 3 is 2.20 bits per heavy atom. The van der Waals surface area contributed by atoms with E-state index in [0.29, 0.717) is 12.5 Å². The van der Waals surface area contributed by atoms with E-state index in [9.17, 15) is 0 Å². The molecule has 0 spiro atoms. The summed E-state index contributed by atoms with van der Waals surface area (Å²) in [5.74, 6) is 0. The Balaban J connectivity index is 2.75. The Bertz CT molecular complexity index is 236. The van der Waals surface area contributed by atoms with Crippen LogP contribution in [0.4, 0.5) is 0 Å². The third kappa shape index (κ3) is 2.52. The van der Waals surface area contributed by atoms with Gasteiger partial charge in [0.1, 0.15) is 0 Å². The second-order valence-corrected chi connectivity index (χ2v) is 5.93. The molecule has 0 aromatic carbocycles. The van der Waals surface area contributed by atoms with E-state index < -0.39 is 0 Å². The minimum Gasteiger partial charge on any atom is -0.317 e. The first-order valence-corrected chi connectivity index (χ1v) is 5.99. The molecule has 0 saturated heterocycles. The Morgan fingerprint density at radius 1 is 1.33 bits per heavy atom. The van der Waals surface area contributed by atoms with Crippen molar-refractivity contribution in [1.82, 2.24) is 5.32 Å². The number of rotatable bonds is 2. The maximum atomic E-state index is 9.00. The molecule has 1 aliphatic carbocycles. The van der Waals surface area contributed by atoms with Gasteiger partial charge in [0.15, 0.2) is 0 Å². The van der Waals surface area contributed by atoms with Gasteiger partial charge in [-0.05, 0) is 43.6 Å². The highest BCUT2D eigenvalue weighted by Crippen LogP contribution is 2.51. The third-order valence-corrected chi connectivity index (χ3v) is 4.36. The van der Waals surface area contributed by atoms with Gasteiger partial charge in [0, 0.05) is 12.5 Å². The predicted octanol–water partition coefficient (Wildman–Crippen LogP) is 3.09. The summed E-state index contributed by atoms with van der Waals surface area (Å²) in [5.41, 5.74) is 0.497. The fourth-order valence-corrected chi connectivity index (χ4v) is 2.80. The van der Waals surface area contributed by atoms with Crippen LogP contribution < -0.4 is 5.32 Å². The van der Waals surface area contributed by atoms with Crippen molar-refractivity contribution < 1.29 is 0 Å². The molecule has 0 bridgehead atoms. The molecule has 0 aromatic heterocycles. The minimum atomic E-state index is 0.245. The largest absolute Gasteiger partial charge is 0.317 e. The summed E-state index contributed by atoms with van der Waals surface area (Å²) in [5, 5.41) is 12.4. The lowest BCUT2D eigenvalue weighted by atomic mass is 9.57. The monoisotopic (exact) mass is 208 g/mol. The van der Waals surface area contributed by atoms with Crippen LogP contribution >= 0.6 is 0 Å². The van der Waals surface area contributed by atoms with Crippen LogP contribution in [0.1, 0.15) is 52.9 Å². The third-order valence-electron chi connectivity index (χ3n) is 4.36. The Morgan fingerprint density at radius 2 is 1.87 bits per heavy atom. The molecule has 0 aliphatic heterocycles. The van der Waals surface area contributed by atoms with Gasteiger partial charge in [-0.2, -0.15) is 5.26 Å². The second-order valence-electron chi connectivity index (χ2n) is 5.93. The maximum absolute atomic E-state index is 9.00. The van der Waals surface area contributed by atoms with E-state index in [1.807, 2.05) is 7.05 Å². The summed E-state index contributed by atoms with van der Waals surface area (Å²) in [6, 6.07) is 3.06.